The van der Waals surface area contributed by atoms with E-state index in [0.29, 0.717) is 24.7 Å². The molecule has 0 aromatic heterocycles. The first-order chi connectivity index (χ1) is 15.2. The molecule has 166 valence electrons. The average molecular weight is 425 g/mol. The molecule has 31 heavy (non-hydrogen) atoms. The van der Waals surface area contributed by atoms with Crippen molar-refractivity contribution >= 4 is 5.96 Å². The highest BCUT2D eigenvalue weighted by Gasteiger charge is 2.40. The molecule has 2 aliphatic heterocycles. The van der Waals surface area contributed by atoms with Gasteiger partial charge in [-0.25, -0.2) is 4.39 Å². The largest absolute Gasteiger partial charge is 0.375 e. The van der Waals surface area contributed by atoms with Gasteiger partial charge in [-0.05, 0) is 48.9 Å². The van der Waals surface area contributed by atoms with Crippen LogP contribution in [-0.2, 0) is 11.3 Å². The molecule has 2 heterocycles. The summed E-state index contributed by atoms with van der Waals surface area (Å²) in [5, 5.41) is 7.02. The first-order valence-corrected chi connectivity index (χ1v) is 11.2. The lowest BCUT2D eigenvalue weighted by Gasteiger charge is -2.39. The number of hydrogen-bond donors (Lipinski definition) is 2. The van der Waals surface area contributed by atoms with Crippen LogP contribution in [0.25, 0.3) is 0 Å². The molecule has 0 saturated carbocycles. The maximum atomic E-state index is 13.2. The second-order valence-corrected chi connectivity index (χ2v) is 8.58. The molecule has 4 rings (SSSR count). The number of methoxy groups -OCH3 is 1. The Kier molecular flexibility index (Phi) is 7.20. The molecule has 3 unspecified atom stereocenters. The lowest BCUT2D eigenvalue weighted by atomic mass is 9.96. The quantitative estimate of drug-likeness (QED) is 0.523. The van der Waals surface area contributed by atoms with E-state index in [2.05, 4.69) is 50.9 Å². The molecule has 2 bridgehead atoms. The Morgan fingerprint density at radius 3 is 2.39 bits per heavy atom. The number of fused-ring (bicyclic) bond motifs is 2. The van der Waals surface area contributed by atoms with Gasteiger partial charge in [-0.15, -0.1) is 0 Å². The molecule has 2 aromatic carbocycles. The molecule has 6 heteroatoms. The molecule has 2 aliphatic rings. The molecular formula is C25H33FN4O. The number of ether oxygens (including phenoxy) is 1. The van der Waals surface area contributed by atoms with Crippen LogP contribution in [0.15, 0.2) is 59.6 Å². The van der Waals surface area contributed by atoms with Crippen molar-refractivity contribution in [3.63, 3.8) is 0 Å². The summed E-state index contributed by atoms with van der Waals surface area (Å²) in [6.45, 7) is 1.62. The molecule has 2 N–H and O–H groups in total. The Labute approximate surface area is 184 Å². The Morgan fingerprint density at radius 2 is 1.77 bits per heavy atom. The van der Waals surface area contributed by atoms with Gasteiger partial charge >= 0.3 is 0 Å². The molecule has 0 amide bonds. The van der Waals surface area contributed by atoms with Crippen molar-refractivity contribution in [1.29, 1.82) is 0 Å². The zero-order valence-corrected chi connectivity index (χ0v) is 18.4. The number of guanidine groups is 1. The highest BCUT2D eigenvalue weighted by Crippen LogP contribution is 2.36. The summed E-state index contributed by atoms with van der Waals surface area (Å²) in [6.07, 6.45) is 4.66. The van der Waals surface area contributed by atoms with Gasteiger partial charge in [0, 0.05) is 45.4 Å². The summed E-state index contributed by atoms with van der Waals surface area (Å²) in [5.74, 6) is 0.558. The molecule has 5 nitrogen and oxygen atoms in total. The lowest BCUT2D eigenvalue weighted by Crippen LogP contribution is -2.52. The molecule has 2 saturated heterocycles. The number of aliphatic imine (C=N–C) groups is 1. The zero-order chi connectivity index (χ0) is 21.6. The highest BCUT2D eigenvalue weighted by atomic mass is 19.1. The van der Waals surface area contributed by atoms with Crippen LogP contribution < -0.4 is 10.6 Å². The second kappa shape index (κ2) is 10.2. The molecule has 0 spiro atoms. The van der Waals surface area contributed by atoms with Crippen molar-refractivity contribution in [2.75, 3.05) is 20.7 Å². The smallest absolute Gasteiger partial charge is 0.191 e. The fourth-order valence-corrected chi connectivity index (χ4v) is 5.04. The van der Waals surface area contributed by atoms with Crippen LogP contribution >= 0.6 is 0 Å². The number of piperidine rings is 1. The van der Waals surface area contributed by atoms with Crippen molar-refractivity contribution in [3.8, 4) is 0 Å². The van der Waals surface area contributed by atoms with Gasteiger partial charge < -0.3 is 15.4 Å². The van der Waals surface area contributed by atoms with E-state index in [1.54, 1.807) is 26.3 Å². The summed E-state index contributed by atoms with van der Waals surface area (Å²) >= 11 is 0. The van der Waals surface area contributed by atoms with E-state index >= 15 is 0 Å². The van der Waals surface area contributed by atoms with E-state index < -0.39 is 0 Å². The molecule has 0 aliphatic carbocycles. The van der Waals surface area contributed by atoms with Gasteiger partial charge in [-0.1, -0.05) is 42.5 Å². The first kappa shape index (κ1) is 21.8. The van der Waals surface area contributed by atoms with Crippen LogP contribution in [0.2, 0.25) is 0 Å². The SMILES string of the molecule is CN=C(NCC(OC)c1ccc(F)cc1)NC1CC2CCC(C1)N2Cc1ccccc1. The Hall–Kier alpha value is -2.44. The van der Waals surface area contributed by atoms with E-state index in [9.17, 15) is 4.39 Å². The number of hydrogen-bond acceptors (Lipinski definition) is 3. The van der Waals surface area contributed by atoms with Crippen molar-refractivity contribution in [2.24, 2.45) is 4.99 Å². The van der Waals surface area contributed by atoms with Crippen LogP contribution in [0.5, 0.6) is 0 Å². The molecule has 2 aromatic rings. The van der Waals surface area contributed by atoms with Crippen molar-refractivity contribution in [2.45, 2.75) is 56.5 Å². The topological polar surface area (TPSA) is 48.9 Å². The van der Waals surface area contributed by atoms with Gasteiger partial charge in [0.1, 0.15) is 5.82 Å². The maximum Gasteiger partial charge on any atom is 0.191 e. The molecule has 3 atom stereocenters. The first-order valence-electron chi connectivity index (χ1n) is 11.2. The third kappa shape index (κ3) is 5.43. The van der Waals surface area contributed by atoms with Crippen LogP contribution in [0.1, 0.15) is 42.9 Å². The second-order valence-electron chi connectivity index (χ2n) is 8.58. The van der Waals surface area contributed by atoms with E-state index in [0.717, 1.165) is 30.9 Å². The number of rotatable bonds is 7. The summed E-state index contributed by atoms with van der Waals surface area (Å²) in [5.41, 5.74) is 2.34. The van der Waals surface area contributed by atoms with E-state index in [-0.39, 0.29) is 11.9 Å². The highest BCUT2D eigenvalue weighted by molar-refractivity contribution is 5.80. The Balaban J connectivity index is 1.30. The van der Waals surface area contributed by atoms with E-state index in [1.165, 1.54) is 30.5 Å². The van der Waals surface area contributed by atoms with Crippen molar-refractivity contribution in [1.82, 2.24) is 15.5 Å². The average Bonchev–Trinajstić information content (AvgIpc) is 3.02. The van der Waals surface area contributed by atoms with Gasteiger partial charge in [-0.3, -0.25) is 9.89 Å². The fourth-order valence-electron chi connectivity index (χ4n) is 5.04. The van der Waals surface area contributed by atoms with Crippen LogP contribution in [0.3, 0.4) is 0 Å². The fraction of sp³-hybridized carbons (Fsp3) is 0.480. The Bertz CT molecular complexity index is 844. The lowest BCUT2D eigenvalue weighted by molar-refractivity contribution is 0.105. The van der Waals surface area contributed by atoms with E-state index in [4.69, 9.17) is 4.74 Å². The van der Waals surface area contributed by atoms with Crippen LogP contribution in [0, 0.1) is 5.82 Å². The third-order valence-corrected chi connectivity index (χ3v) is 6.64. The summed E-state index contributed by atoms with van der Waals surface area (Å²) in [4.78, 5) is 7.11. The van der Waals surface area contributed by atoms with Crippen molar-refractivity contribution in [3.05, 3.63) is 71.5 Å². The van der Waals surface area contributed by atoms with Gasteiger partial charge in [0.25, 0.3) is 0 Å². The molecule has 0 radical (unpaired) electrons. The van der Waals surface area contributed by atoms with Gasteiger partial charge in [0.15, 0.2) is 5.96 Å². The number of halogens is 1. The minimum Gasteiger partial charge on any atom is -0.375 e. The maximum absolute atomic E-state index is 13.2. The normalized spacial score (nSPS) is 24.7. The number of benzene rings is 2. The van der Waals surface area contributed by atoms with Crippen LogP contribution in [0.4, 0.5) is 4.39 Å². The van der Waals surface area contributed by atoms with Gasteiger partial charge in [0.2, 0.25) is 0 Å². The number of nitrogens with one attached hydrogen (secondary N) is 2. The minimum absolute atomic E-state index is 0.164. The minimum atomic E-state index is -0.239. The molecular weight excluding hydrogens is 391 g/mol. The van der Waals surface area contributed by atoms with Crippen LogP contribution in [-0.4, -0.2) is 49.7 Å². The number of nitrogens with zero attached hydrogens (tertiary/aromatic N) is 2. The standard InChI is InChI=1S/C25H33FN4O/c1-27-25(28-16-24(31-2)19-8-10-20(26)11-9-19)29-21-14-22-12-13-23(15-21)30(22)17-18-6-4-3-5-7-18/h3-11,21-24H,12-17H2,1-2H3,(H2,27,28,29). The Morgan fingerprint density at radius 1 is 1.10 bits per heavy atom. The van der Waals surface area contributed by atoms with Crippen molar-refractivity contribution < 1.29 is 9.13 Å². The predicted octanol–water partition coefficient (Wildman–Crippen LogP) is 3.87. The zero-order valence-electron chi connectivity index (χ0n) is 18.4. The van der Waals surface area contributed by atoms with E-state index in [1.807, 2.05) is 0 Å². The summed E-state index contributed by atoms with van der Waals surface area (Å²) < 4.78 is 18.8. The van der Waals surface area contributed by atoms with Gasteiger partial charge in [-0.2, -0.15) is 0 Å². The molecule has 2 fully saturated rings. The van der Waals surface area contributed by atoms with Gasteiger partial charge in [0.05, 0.1) is 6.10 Å². The third-order valence-electron chi connectivity index (χ3n) is 6.64. The summed E-state index contributed by atoms with van der Waals surface area (Å²) in [6, 6.07) is 18.9. The monoisotopic (exact) mass is 424 g/mol. The summed E-state index contributed by atoms with van der Waals surface area (Å²) in [7, 11) is 3.47. The predicted molar refractivity (Wildman–Crippen MR) is 122 cm³/mol.